The van der Waals surface area contributed by atoms with Gasteiger partial charge in [0, 0.05) is 19.3 Å². The van der Waals surface area contributed by atoms with Crippen LogP contribution >= 0.6 is 0 Å². The minimum atomic E-state index is -0.796. The van der Waals surface area contributed by atoms with Crippen molar-refractivity contribution in [2.24, 2.45) is 0 Å². The van der Waals surface area contributed by atoms with E-state index in [1.54, 1.807) is 0 Å². The zero-order valence-corrected chi connectivity index (χ0v) is 50.7. The van der Waals surface area contributed by atoms with Gasteiger partial charge < -0.3 is 14.2 Å². The standard InChI is InChI=1S/C71H122O6/c1-4-7-10-13-16-19-22-25-27-29-31-32-33-34-35-36-37-38-40-41-43-46-49-52-55-58-61-64-70(73)76-67-68(66-75-69(72)63-60-57-54-51-48-45-24-21-18-15-12-9-6-3)77-71(74)65-62-59-56-53-50-47-44-42-39-30-28-26-23-20-17-14-11-8-5-2/h8,11,17,20,22,25-26,28-29,31,33-34,39,42,47,50,68H,4-7,9-10,12-16,18-19,21,23-24,27,30,32,35-38,40-41,43-46,48-49,51-67H2,1-3H3/b11-8-,20-17-,25-22-,28-26-,31-29-,34-33-,42-39-,50-47-. The Labute approximate surface area is 477 Å². The molecule has 6 nitrogen and oxygen atoms in total. The number of rotatable bonds is 59. The van der Waals surface area contributed by atoms with Gasteiger partial charge in [-0.3, -0.25) is 14.4 Å². The van der Waals surface area contributed by atoms with Gasteiger partial charge in [-0.1, -0.05) is 291 Å². The normalized spacial score (nSPS) is 12.7. The minimum absolute atomic E-state index is 0.0890. The number of allylic oxidation sites excluding steroid dienone is 16. The molecule has 0 radical (unpaired) electrons. The summed E-state index contributed by atoms with van der Waals surface area (Å²) in [5, 5.41) is 0. The monoisotopic (exact) mass is 1070 g/mol. The molecule has 0 aliphatic carbocycles. The fraction of sp³-hybridized carbons (Fsp3) is 0.732. The molecule has 0 aliphatic rings. The summed E-state index contributed by atoms with van der Waals surface area (Å²) in [6, 6.07) is 0. The molecule has 0 aromatic heterocycles. The Hall–Kier alpha value is -3.67. The average Bonchev–Trinajstić information content (AvgIpc) is 3.43. The van der Waals surface area contributed by atoms with Crippen LogP contribution in [0.2, 0.25) is 0 Å². The second kappa shape index (κ2) is 64.9. The first-order valence-corrected chi connectivity index (χ1v) is 32.7. The van der Waals surface area contributed by atoms with Crippen LogP contribution in [0.4, 0.5) is 0 Å². The van der Waals surface area contributed by atoms with E-state index in [1.807, 2.05) is 0 Å². The van der Waals surface area contributed by atoms with Crippen LogP contribution in [0.3, 0.4) is 0 Å². The van der Waals surface area contributed by atoms with E-state index in [-0.39, 0.29) is 37.5 Å². The van der Waals surface area contributed by atoms with Crippen molar-refractivity contribution in [3.63, 3.8) is 0 Å². The van der Waals surface area contributed by atoms with E-state index in [1.165, 1.54) is 167 Å². The fourth-order valence-electron chi connectivity index (χ4n) is 9.18. The van der Waals surface area contributed by atoms with Crippen LogP contribution in [0.15, 0.2) is 97.2 Å². The smallest absolute Gasteiger partial charge is 0.306 e. The Bertz CT molecular complexity index is 1510. The lowest BCUT2D eigenvalue weighted by molar-refractivity contribution is -0.167. The van der Waals surface area contributed by atoms with Crippen molar-refractivity contribution >= 4 is 17.9 Å². The Balaban J connectivity index is 4.33. The Morgan fingerprint density at radius 3 is 0.805 bits per heavy atom. The molecular formula is C71H122O6. The van der Waals surface area contributed by atoms with Crippen molar-refractivity contribution in [2.75, 3.05) is 13.2 Å². The topological polar surface area (TPSA) is 78.9 Å². The third kappa shape index (κ3) is 63.0. The summed E-state index contributed by atoms with van der Waals surface area (Å²) in [5.41, 5.74) is 0. The average molecular weight is 1070 g/mol. The van der Waals surface area contributed by atoms with E-state index in [2.05, 4.69) is 118 Å². The second-order valence-corrected chi connectivity index (χ2v) is 21.6. The lowest BCUT2D eigenvalue weighted by Crippen LogP contribution is -2.30. The number of carbonyl (C=O) groups is 3. The van der Waals surface area contributed by atoms with Gasteiger partial charge in [0.1, 0.15) is 13.2 Å². The third-order valence-electron chi connectivity index (χ3n) is 14.1. The fourth-order valence-corrected chi connectivity index (χ4v) is 9.18. The lowest BCUT2D eigenvalue weighted by Gasteiger charge is -2.18. The molecule has 0 aromatic rings. The Morgan fingerprint density at radius 1 is 0.273 bits per heavy atom. The van der Waals surface area contributed by atoms with Crippen molar-refractivity contribution in [2.45, 2.75) is 322 Å². The number of hydrogen-bond donors (Lipinski definition) is 0. The van der Waals surface area contributed by atoms with Gasteiger partial charge in [-0.2, -0.15) is 0 Å². The number of hydrogen-bond acceptors (Lipinski definition) is 6. The molecule has 0 aromatic carbocycles. The molecule has 0 saturated heterocycles. The van der Waals surface area contributed by atoms with Gasteiger partial charge in [0.25, 0.3) is 0 Å². The molecule has 0 bridgehead atoms. The molecule has 0 saturated carbocycles. The summed E-state index contributed by atoms with van der Waals surface area (Å²) >= 11 is 0. The van der Waals surface area contributed by atoms with Gasteiger partial charge in [-0.15, -0.1) is 0 Å². The van der Waals surface area contributed by atoms with Crippen LogP contribution in [0, 0.1) is 0 Å². The lowest BCUT2D eigenvalue weighted by atomic mass is 10.0. The highest BCUT2D eigenvalue weighted by Crippen LogP contribution is 2.16. The van der Waals surface area contributed by atoms with Crippen LogP contribution in [0.5, 0.6) is 0 Å². The molecule has 6 heteroatoms. The zero-order chi connectivity index (χ0) is 55.7. The maximum Gasteiger partial charge on any atom is 0.306 e. The third-order valence-corrected chi connectivity index (χ3v) is 14.1. The summed E-state index contributed by atoms with van der Waals surface area (Å²) in [5.74, 6) is -0.912. The number of unbranched alkanes of at least 4 members (excludes halogenated alkanes) is 32. The summed E-state index contributed by atoms with van der Waals surface area (Å²) in [7, 11) is 0. The van der Waals surface area contributed by atoms with Gasteiger partial charge >= 0.3 is 17.9 Å². The van der Waals surface area contributed by atoms with E-state index < -0.39 is 6.10 Å². The zero-order valence-electron chi connectivity index (χ0n) is 50.7. The molecule has 0 amide bonds. The maximum absolute atomic E-state index is 12.9. The predicted molar refractivity (Wildman–Crippen MR) is 334 cm³/mol. The number of ether oxygens (including phenoxy) is 3. The van der Waals surface area contributed by atoms with Crippen molar-refractivity contribution in [1.29, 1.82) is 0 Å². The van der Waals surface area contributed by atoms with E-state index in [4.69, 9.17) is 14.2 Å². The molecule has 77 heavy (non-hydrogen) atoms. The van der Waals surface area contributed by atoms with Crippen LogP contribution in [0.25, 0.3) is 0 Å². The first-order chi connectivity index (χ1) is 38.0. The molecule has 0 fully saturated rings. The minimum Gasteiger partial charge on any atom is -0.462 e. The first kappa shape index (κ1) is 73.3. The summed E-state index contributed by atoms with van der Waals surface area (Å²) in [6.07, 6.45) is 87.0. The predicted octanol–water partition coefficient (Wildman–Crippen LogP) is 22.4. The molecule has 0 N–H and O–H groups in total. The first-order valence-electron chi connectivity index (χ1n) is 32.7. The Morgan fingerprint density at radius 2 is 0.506 bits per heavy atom. The Kier molecular flexibility index (Phi) is 61.8. The number of carbonyl (C=O) groups excluding carboxylic acids is 3. The highest BCUT2D eigenvalue weighted by molar-refractivity contribution is 5.71. The van der Waals surface area contributed by atoms with E-state index in [0.717, 1.165) is 109 Å². The highest BCUT2D eigenvalue weighted by Gasteiger charge is 2.19. The summed E-state index contributed by atoms with van der Waals surface area (Å²) < 4.78 is 16.9. The SMILES string of the molecule is CC/C=C\C/C=C\C/C=C\C/C=C\C/C=C\CCCCCC(=O)OC(COC(=O)CCCCCCCCCCCCCCC)COC(=O)CCCCCCCCCCCCCC/C=C\C/C=C\C/C=C\CCCCCCC. The van der Waals surface area contributed by atoms with Crippen LogP contribution in [-0.2, 0) is 28.6 Å². The van der Waals surface area contributed by atoms with Crippen LogP contribution in [0.1, 0.15) is 316 Å². The highest BCUT2D eigenvalue weighted by atomic mass is 16.6. The molecule has 0 rings (SSSR count). The van der Waals surface area contributed by atoms with Gasteiger partial charge in [0.15, 0.2) is 6.10 Å². The van der Waals surface area contributed by atoms with Crippen molar-refractivity contribution < 1.29 is 28.6 Å². The molecule has 0 aliphatic heterocycles. The van der Waals surface area contributed by atoms with E-state index in [0.29, 0.717) is 12.8 Å². The van der Waals surface area contributed by atoms with Crippen LogP contribution < -0.4 is 0 Å². The maximum atomic E-state index is 12.9. The molecule has 1 unspecified atom stereocenters. The van der Waals surface area contributed by atoms with Gasteiger partial charge in [0.05, 0.1) is 0 Å². The largest absolute Gasteiger partial charge is 0.462 e. The van der Waals surface area contributed by atoms with Gasteiger partial charge in [-0.25, -0.2) is 0 Å². The van der Waals surface area contributed by atoms with Crippen molar-refractivity contribution in [1.82, 2.24) is 0 Å². The molecule has 442 valence electrons. The number of esters is 3. The quantitative estimate of drug-likeness (QED) is 0.0261. The van der Waals surface area contributed by atoms with E-state index >= 15 is 0 Å². The van der Waals surface area contributed by atoms with Gasteiger partial charge in [-0.05, 0) is 103 Å². The summed E-state index contributed by atoms with van der Waals surface area (Å²) in [4.78, 5) is 38.3. The molecule has 0 spiro atoms. The second-order valence-electron chi connectivity index (χ2n) is 21.6. The van der Waals surface area contributed by atoms with Crippen molar-refractivity contribution in [3.8, 4) is 0 Å². The van der Waals surface area contributed by atoms with Crippen LogP contribution in [-0.4, -0.2) is 37.2 Å². The van der Waals surface area contributed by atoms with E-state index in [9.17, 15) is 14.4 Å². The van der Waals surface area contributed by atoms with Crippen molar-refractivity contribution in [3.05, 3.63) is 97.2 Å². The molecule has 0 heterocycles. The summed E-state index contributed by atoms with van der Waals surface area (Å²) in [6.45, 7) is 6.51. The van der Waals surface area contributed by atoms with Gasteiger partial charge in [0.2, 0.25) is 0 Å². The molecular weight excluding hydrogens is 949 g/mol. The molecule has 1 atom stereocenters.